The highest BCUT2D eigenvalue weighted by Gasteiger charge is 2.26. The summed E-state index contributed by atoms with van der Waals surface area (Å²) in [5.41, 5.74) is 7.21. The molecule has 0 saturated heterocycles. The van der Waals surface area contributed by atoms with Gasteiger partial charge in [0.25, 0.3) is 11.8 Å². The molecule has 180 valence electrons. The lowest BCUT2D eigenvalue weighted by Gasteiger charge is -2.15. The summed E-state index contributed by atoms with van der Waals surface area (Å²) in [5.74, 6) is -0.944. The largest absolute Gasteiger partial charge is 0.357 e. The molecule has 4 N–H and O–H groups in total. The Morgan fingerprint density at radius 1 is 1.09 bits per heavy atom. The third-order valence-electron chi connectivity index (χ3n) is 6.14. The molecule has 1 unspecified atom stereocenters. The van der Waals surface area contributed by atoms with Crippen molar-refractivity contribution in [3.05, 3.63) is 81.7 Å². The molecule has 1 aliphatic rings. The summed E-state index contributed by atoms with van der Waals surface area (Å²) in [7, 11) is 0. The molecule has 35 heavy (non-hydrogen) atoms. The Morgan fingerprint density at radius 3 is 2.49 bits per heavy atom. The Balaban J connectivity index is 1.61. The molecule has 0 fully saturated rings. The molecule has 2 heterocycles. The fourth-order valence-electron chi connectivity index (χ4n) is 4.11. The average Bonchev–Trinajstić information content (AvgIpc) is 3.29. The van der Waals surface area contributed by atoms with Gasteiger partial charge in [-0.2, -0.15) is 0 Å². The van der Waals surface area contributed by atoms with Gasteiger partial charge in [-0.15, -0.1) is 11.6 Å². The first-order valence-electron chi connectivity index (χ1n) is 11.3. The van der Waals surface area contributed by atoms with Crippen LogP contribution in [0.3, 0.4) is 0 Å². The van der Waals surface area contributed by atoms with E-state index in [9.17, 15) is 14.4 Å². The summed E-state index contributed by atoms with van der Waals surface area (Å²) < 4.78 is 0. The maximum Gasteiger partial charge on any atom is 0.256 e. The fourth-order valence-corrected chi connectivity index (χ4v) is 4.18. The first kappa shape index (κ1) is 24.3. The summed E-state index contributed by atoms with van der Waals surface area (Å²) in [6.45, 7) is 7.64. The van der Waals surface area contributed by atoms with Gasteiger partial charge >= 0.3 is 0 Å². The monoisotopic (exact) mass is 490 g/mol. The molecular formula is C27H27ClN4O3. The number of carbonyl (C=O) groups excluding carboxylic acids is 3. The molecule has 8 heteroatoms. The van der Waals surface area contributed by atoms with Crippen LogP contribution in [0.25, 0.3) is 11.6 Å². The van der Waals surface area contributed by atoms with Gasteiger partial charge < -0.3 is 20.9 Å². The average molecular weight is 491 g/mol. The van der Waals surface area contributed by atoms with Crippen LogP contribution in [0.4, 0.5) is 11.4 Å². The second kappa shape index (κ2) is 9.80. The number of aromatic amines is 1. The minimum Gasteiger partial charge on any atom is -0.357 e. The first-order chi connectivity index (χ1) is 16.7. The Bertz CT molecular complexity index is 1360. The number of hydrogen-bond acceptors (Lipinski definition) is 3. The summed E-state index contributed by atoms with van der Waals surface area (Å²) >= 11 is 5.62. The summed E-state index contributed by atoms with van der Waals surface area (Å²) in [4.78, 5) is 40.7. The standard InChI is InChI=1S/C27H27ClN4O3/c1-14-5-7-18(8-6-14)16(3)30-26(34)19-9-10-22-20(11-19)21(27(35)31-22)12-23-15(2)25(17(4)29-23)32-24(33)13-28/h5-12,16,29H,13H2,1-4H3,(H,30,34)(H,31,35)(H,32,33)/b21-12-. The number of nitrogens with one attached hydrogen (secondary N) is 4. The van der Waals surface area contributed by atoms with Crippen molar-refractivity contribution in [3.63, 3.8) is 0 Å². The molecule has 1 atom stereocenters. The predicted octanol–water partition coefficient (Wildman–Crippen LogP) is 5.10. The number of rotatable bonds is 6. The van der Waals surface area contributed by atoms with Crippen molar-refractivity contribution in [2.75, 3.05) is 16.5 Å². The molecule has 3 aromatic rings. The number of aryl methyl sites for hydroxylation is 2. The second-order valence-corrected chi connectivity index (χ2v) is 8.99. The van der Waals surface area contributed by atoms with Crippen LogP contribution in [-0.4, -0.2) is 28.6 Å². The zero-order chi connectivity index (χ0) is 25.3. The summed E-state index contributed by atoms with van der Waals surface area (Å²) in [5, 5.41) is 8.65. The lowest BCUT2D eigenvalue weighted by Crippen LogP contribution is -2.26. The fraction of sp³-hybridized carbons (Fsp3) is 0.222. The van der Waals surface area contributed by atoms with Crippen molar-refractivity contribution in [1.82, 2.24) is 10.3 Å². The second-order valence-electron chi connectivity index (χ2n) is 8.72. The zero-order valence-electron chi connectivity index (χ0n) is 20.0. The van der Waals surface area contributed by atoms with Crippen molar-refractivity contribution in [1.29, 1.82) is 0 Å². The van der Waals surface area contributed by atoms with Gasteiger partial charge in [0, 0.05) is 28.2 Å². The van der Waals surface area contributed by atoms with Gasteiger partial charge in [0.1, 0.15) is 5.88 Å². The van der Waals surface area contributed by atoms with E-state index >= 15 is 0 Å². The van der Waals surface area contributed by atoms with Gasteiger partial charge in [0.05, 0.1) is 17.3 Å². The molecule has 1 aliphatic heterocycles. The number of alkyl halides is 1. The van der Waals surface area contributed by atoms with E-state index in [1.54, 1.807) is 24.3 Å². The highest BCUT2D eigenvalue weighted by atomic mass is 35.5. The highest BCUT2D eigenvalue weighted by Crippen LogP contribution is 2.35. The lowest BCUT2D eigenvalue weighted by atomic mass is 10.0. The zero-order valence-corrected chi connectivity index (χ0v) is 20.8. The Kier molecular flexibility index (Phi) is 6.80. The highest BCUT2D eigenvalue weighted by molar-refractivity contribution is 6.35. The summed E-state index contributed by atoms with van der Waals surface area (Å²) in [6, 6.07) is 13.0. The van der Waals surface area contributed by atoms with E-state index in [-0.39, 0.29) is 29.6 Å². The maximum absolute atomic E-state index is 13.0. The van der Waals surface area contributed by atoms with E-state index in [0.717, 1.165) is 22.4 Å². The Morgan fingerprint density at radius 2 is 1.80 bits per heavy atom. The van der Waals surface area contributed by atoms with Crippen molar-refractivity contribution in [3.8, 4) is 0 Å². The number of fused-ring (bicyclic) bond motifs is 1. The summed E-state index contributed by atoms with van der Waals surface area (Å²) in [6.07, 6.45) is 1.73. The molecule has 0 saturated carbocycles. The van der Waals surface area contributed by atoms with Crippen LogP contribution in [0.15, 0.2) is 42.5 Å². The van der Waals surface area contributed by atoms with Crippen LogP contribution in [0, 0.1) is 20.8 Å². The number of amides is 3. The van der Waals surface area contributed by atoms with E-state index in [4.69, 9.17) is 11.6 Å². The maximum atomic E-state index is 13.0. The number of carbonyl (C=O) groups is 3. The van der Waals surface area contributed by atoms with Crippen LogP contribution in [-0.2, 0) is 9.59 Å². The van der Waals surface area contributed by atoms with Gasteiger partial charge in [-0.1, -0.05) is 29.8 Å². The number of hydrogen-bond donors (Lipinski definition) is 4. The lowest BCUT2D eigenvalue weighted by molar-refractivity contribution is -0.114. The normalized spacial score (nSPS) is 14.4. The van der Waals surface area contributed by atoms with Gasteiger partial charge in [0.2, 0.25) is 5.91 Å². The molecule has 0 radical (unpaired) electrons. The number of aromatic nitrogens is 1. The minimum absolute atomic E-state index is 0.149. The predicted molar refractivity (Wildman–Crippen MR) is 140 cm³/mol. The van der Waals surface area contributed by atoms with Crippen molar-refractivity contribution in [2.24, 2.45) is 0 Å². The van der Waals surface area contributed by atoms with Gasteiger partial charge in [-0.25, -0.2) is 0 Å². The molecule has 0 bridgehead atoms. The number of halogens is 1. The van der Waals surface area contributed by atoms with Crippen molar-refractivity contribution < 1.29 is 14.4 Å². The molecule has 7 nitrogen and oxygen atoms in total. The molecule has 3 amide bonds. The smallest absolute Gasteiger partial charge is 0.256 e. The molecule has 4 rings (SSSR count). The van der Waals surface area contributed by atoms with E-state index in [1.807, 2.05) is 52.0 Å². The molecular weight excluding hydrogens is 464 g/mol. The SMILES string of the molecule is Cc1ccc(C(C)NC(=O)c2ccc3c(c2)/C(=C/c2[nH]c(C)c(NC(=O)CCl)c2C)C(=O)N3)cc1. The van der Waals surface area contributed by atoms with Crippen LogP contribution in [0.2, 0.25) is 0 Å². The van der Waals surface area contributed by atoms with Crippen LogP contribution in [0.1, 0.15) is 57.0 Å². The van der Waals surface area contributed by atoms with Crippen LogP contribution < -0.4 is 16.0 Å². The molecule has 0 aliphatic carbocycles. The number of benzene rings is 2. The first-order valence-corrected chi connectivity index (χ1v) is 11.8. The quantitative estimate of drug-likeness (QED) is 0.285. The van der Waals surface area contributed by atoms with Crippen LogP contribution >= 0.6 is 11.6 Å². The van der Waals surface area contributed by atoms with Gasteiger partial charge in [-0.3, -0.25) is 14.4 Å². The van der Waals surface area contributed by atoms with E-state index < -0.39 is 0 Å². The van der Waals surface area contributed by atoms with Crippen LogP contribution in [0.5, 0.6) is 0 Å². The van der Waals surface area contributed by atoms with Gasteiger partial charge in [0.15, 0.2) is 0 Å². The Hall–Kier alpha value is -3.84. The topological polar surface area (TPSA) is 103 Å². The minimum atomic E-state index is -0.310. The number of H-pyrrole nitrogens is 1. The van der Waals surface area contributed by atoms with E-state index in [1.165, 1.54) is 0 Å². The van der Waals surface area contributed by atoms with E-state index in [0.29, 0.717) is 33.8 Å². The molecule has 2 aromatic carbocycles. The molecule has 1 aromatic heterocycles. The van der Waals surface area contributed by atoms with Gasteiger partial charge in [-0.05, 0) is 63.1 Å². The van der Waals surface area contributed by atoms with Crippen molar-refractivity contribution >= 4 is 52.3 Å². The Labute approximate surface area is 209 Å². The number of anilines is 2. The third kappa shape index (κ3) is 5.00. The van der Waals surface area contributed by atoms with E-state index in [2.05, 4.69) is 20.9 Å². The van der Waals surface area contributed by atoms with Crippen molar-refractivity contribution in [2.45, 2.75) is 33.7 Å². The third-order valence-corrected chi connectivity index (χ3v) is 6.38. The molecule has 0 spiro atoms.